The van der Waals surface area contributed by atoms with Crippen LogP contribution in [0.5, 0.6) is 0 Å². The van der Waals surface area contributed by atoms with Crippen molar-refractivity contribution < 1.29 is 4.39 Å². The fourth-order valence-electron chi connectivity index (χ4n) is 5.40. The van der Waals surface area contributed by atoms with Crippen LogP contribution in [0, 0.1) is 5.82 Å². The number of halogens is 2. The Bertz CT molecular complexity index is 1840. The van der Waals surface area contributed by atoms with Crippen molar-refractivity contribution in [1.82, 2.24) is 34.8 Å². The van der Waals surface area contributed by atoms with Gasteiger partial charge in [0.1, 0.15) is 5.65 Å². The van der Waals surface area contributed by atoms with Crippen molar-refractivity contribution in [3.05, 3.63) is 93.5 Å². The average molecular weight is 648 g/mol. The molecule has 0 aliphatic heterocycles. The second-order valence-corrected chi connectivity index (χ2v) is 12.0. The summed E-state index contributed by atoms with van der Waals surface area (Å²) in [5, 5.41) is 12.0. The molecular weight excluding hydrogens is 609 g/mol. The van der Waals surface area contributed by atoms with Crippen molar-refractivity contribution >= 4 is 28.6 Å². The molecule has 3 atom stereocenters. The fourth-order valence-corrected chi connectivity index (χ4v) is 5.64. The van der Waals surface area contributed by atoms with E-state index in [2.05, 4.69) is 37.5 Å². The molecule has 5 rings (SSSR count). The lowest BCUT2D eigenvalue weighted by atomic mass is 10.0. The van der Waals surface area contributed by atoms with Gasteiger partial charge in [0.05, 0.1) is 35.2 Å². The molecule has 3 aromatic heterocycles. The van der Waals surface area contributed by atoms with Gasteiger partial charge in [0, 0.05) is 35.4 Å². The highest BCUT2D eigenvalue weighted by atomic mass is 35.5. The number of nitrogens with one attached hydrogen (secondary N) is 2. The number of aromatic nitrogens is 6. The SMILES string of the molecule is C[C@H](N)CCCc1cc(Cl)c(F)c(-c2cc3cn(-c4ccc([C@H](C)NCC[C@H](Cn5ccnn5)N=C(N)N)cc4)c(=O)nc3[nH]2)c1. The summed E-state index contributed by atoms with van der Waals surface area (Å²) < 4.78 is 18.3. The van der Waals surface area contributed by atoms with Gasteiger partial charge in [-0.05, 0) is 87.5 Å². The zero-order valence-corrected chi connectivity index (χ0v) is 26.6. The second-order valence-electron chi connectivity index (χ2n) is 11.6. The molecule has 0 aliphatic rings. The molecule has 0 amide bonds. The number of nitrogens with zero attached hydrogens (tertiary/aromatic N) is 6. The van der Waals surface area contributed by atoms with Gasteiger partial charge in [-0.15, -0.1) is 5.10 Å². The Morgan fingerprint density at radius 2 is 1.93 bits per heavy atom. The van der Waals surface area contributed by atoms with Crippen LogP contribution in [-0.2, 0) is 13.0 Å². The van der Waals surface area contributed by atoms with Crippen LogP contribution in [0.3, 0.4) is 0 Å². The molecule has 3 heterocycles. The minimum atomic E-state index is -0.528. The first-order valence-electron chi connectivity index (χ1n) is 15.2. The highest BCUT2D eigenvalue weighted by Gasteiger charge is 2.16. The van der Waals surface area contributed by atoms with Gasteiger partial charge in [0.2, 0.25) is 0 Å². The smallest absolute Gasteiger partial charge is 0.354 e. The number of H-pyrrole nitrogens is 1. The maximum Gasteiger partial charge on any atom is 0.354 e. The molecule has 0 fully saturated rings. The Hall–Kier alpha value is -4.59. The number of hydrogen-bond donors (Lipinski definition) is 5. The summed E-state index contributed by atoms with van der Waals surface area (Å²) in [4.78, 5) is 24.7. The Kier molecular flexibility index (Phi) is 10.5. The first-order chi connectivity index (χ1) is 22.1. The van der Waals surface area contributed by atoms with E-state index in [0.717, 1.165) is 30.4 Å². The molecule has 0 spiro atoms. The summed E-state index contributed by atoms with van der Waals surface area (Å²) in [6.45, 7) is 5.20. The van der Waals surface area contributed by atoms with E-state index in [4.69, 9.17) is 28.8 Å². The molecule has 5 aromatic rings. The van der Waals surface area contributed by atoms with Crippen molar-refractivity contribution in [2.75, 3.05) is 6.54 Å². The number of rotatable bonds is 14. The predicted octanol–water partition coefficient (Wildman–Crippen LogP) is 3.82. The Labute approximate surface area is 270 Å². The predicted molar refractivity (Wildman–Crippen MR) is 179 cm³/mol. The van der Waals surface area contributed by atoms with E-state index >= 15 is 4.39 Å². The lowest BCUT2D eigenvalue weighted by molar-refractivity contribution is 0.450. The van der Waals surface area contributed by atoms with E-state index in [-0.39, 0.29) is 29.1 Å². The van der Waals surface area contributed by atoms with Crippen LogP contribution in [0.15, 0.2) is 70.8 Å². The van der Waals surface area contributed by atoms with Crippen LogP contribution in [0.2, 0.25) is 5.02 Å². The molecule has 0 unspecified atom stereocenters. The number of nitrogens with two attached hydrogens (primary N) is 3. The van der Waals surface area contributed by atoms with Crippen LogP contribution < -0.4 is 28.2 Å². The summed E-state index contributed by atoms with van der Waals surface area (Å²) in [5.74, 6) is -0.498. The van der Waals surface area contributed by atoms with Crippen molar-refractivity contribution in [2.45, 2.75) is 64.2 Å². The van der Waals surface area contributed by atoms with E-state index in [0.29, 0.717) is 47.5 Å². The van der Waals surface area contributed by atoms with Crippen molar-refractivity contribution in [2.24, 2.45) is 22.2 Å². The van der Waals surface area contributed by atoms with E-state index in [1.165, 1.54) is 4.57 Å². The van der Waals surface area contributed by atoms with Gasteiger partial charge in [-0.3, -0.25) is 9.25 Å². The number of guanidine groups is 1. The Morgan fingerprint density at radius 3 is 2.63 bits per heavy atom. The van der Waals surface area contributed by atoms with Crippen LogP contribution in [0.25, 0.3) is 28.0 Å². The molecule has 0 saturated heterocycles. The monoisotopic (exact) mass is 647 g/mol. The highest BCUT2D eigenvalue weighted by Crippen LogP contribution is 2.31. The third kappa shape index (κ3) is 8.16. The number of aryl methyl sites for hydroxylation is 1. The molecule has 8 N–H and O–H groups in total. The van der Waals surface area contributed by atoms with E-state index in [1.807, 2.05) is 31.2 Å². The molecule has 2 aromatic carbocycles. The molecule has 242 valence electrons. The summed E-state index contributed by atoms with van der Waals surface area (Å²) >= 11 is 6.25. The van der Waals surface area contributed by atoms with E-state index in [1.54, 1.807) is 41.5 Å². The number of aliphatic imine (C=N–C) groups is 1. The molecule has 0 saturated carbocycles. The van der Waals surface area contributed by atoms with Crippen molar-refractivity contribution in [3.63, 3.8) is 0 Å². The van der Waals surface area contributed by atoms with Gasteiger partial charge in [-0.1, -0.05) is 28.9 Å². The van der Waals surface area contributed by atoms with Crippen molar-refractivity contribution in [3.8, 4) is 16.9 Å². The number of aromatic amines is 1. The lowest BCUT2D eigenvalue weighted by Crippen LogP contribution is -2.30. The third-order valence-corrected chi connectivity index (χ3v) is 8.09. The number of hydrogen-bond acceptors (Lipinski definition) is 7. The summed E-state index contributed by atoms with van der Waals surface area (Å²) in [5.41, 5.74) is 20.5. The van der Waals surface area contributed by atoms with Gasteiger partial charge in [0.15, 0.2) is 11.8 Å². The van der Waals surface area contributed by atoms with Crippen LogP contribution in [0.4, 0.5) is 4.39 Å². The van der Waals surface area contributed by atoms with Crippen molar-refractivity contribution in [1.29, 1.82) is 0 Å². The van der Waals surface area contributed by atoms with Gasteiger partial charge in [-0.25, -0.2) is 14.2 Å². The molecule has 14 heteroatoms. The summed E-state index contributed by atoms with van der Waals surface area (Å²) in [6.07, 6.45) is 8.21. The number of benzene rings is 2. The third-order valence-electron chi connectivity index (χ3n) is 7.81. The molecule has 0 bridgehead atoms. The van der Waals surface area contributed by atoms with Gasteiger partial charge in [0.25, 0.3) is 0 Å². The van der Waals surface area contributed by atoms with E-state index < -0.39 is 11.5 Å². The molecule has 12 nitrogen and oxygen atoms in total. The first-order valence-corrected chi connectivity index (χ1v) is 15.6. The van der Waals surface area contributed by atoms with Gasteiger partial charge < -0.3 is 27.5 Å². The minimum Gasteiger partial charge on any atom is -0.370 e. The normalized spacial score (nSPS) is 13.5. The molecular formula is C32H39ClFN11O. The second kappa shape index (κ2) is 14.7. The Morgan fingerprint density at radius 1 is 1.15 bits per heavy atom. The van der Waals surface area contributed by atoms with Gasteiger partial charge in [-0.2, -0.15) is 4.98 Å². The number of fused-ring (bicyclic) bond motifs is 1. The highest BCUT2D eigenvalue weighted by molar-refractivity contribution is 6.31. The molecule has 0 aliphatic carbocycles. The quantitative estimate of drug-likeness (QED) is 0.0890. The standard InChI is InChI=1S/C32H39ClFN11O/c1-19(35)4-3-5-21-14-26(29(34)27(33)15-21)28-16-23-17-45(32(46)42-30(23)41-28)25-8-6-22(7-9-25)20(2)38-11-10-24(40-31(36)37)18-44-13-12-39-43-44/h6-9,12-17,19-20,24,38H,3-5,10-11,18,35H2,1-2H3,(H4,36,37,40)(H,41,42,46)/t19-,20-,24+/m0/s1. The topological polar surface area (TPSA) is 184 Å². The average Bonchev–Trinajstić information content (AvgIpc) is 3.67. The maximum atomic E-state index is 15.1. The zero-order chi connectivity index (χ0) is 32.8. The van der Waals surface area contributed by atoms with Gasteiger partial charge >= 0.3 is 5.69 Å². The van der Waals surface area contributed by atoms with Crippen LogP contribution in [0.1, 0.15) is 50.3 Å². The maximum absolute atomic E-state index is 15.1. The molecule has 0 radical (unpaired) electrons. The van der Waals surface area contributed by atoms with Crippen LogP contribution in [-0.4, -0.2) is 54.1 Å². The molecule has 46 heavy (non-hydrogen) atoms. The van der Waals surface area contributed by atoms with Crippen LogP contribution >= 0.6 is 11.6 Å². The zero-order valence-electron chi connectivity index (χ0n) is 25.8. The van der Waals surface area contributed by atoms with E-state index in [9.17, 15) is 4.79 Å². The fraction of sp³-hybridized carbons (Fsp3) is 0.344. The minimum absolute atomic E-state index is 0.0287. The summed E-state index contributed by atoms with van der Waals surface area (Å²) in [6, 6.07) is 12.8. The largest absolute Gasteiger partial charge is 0.370 e. The lowest BCUT2D eigenvalue weighted by Gasteiger charge is -2.18. The first kappa shape index (κ1) is 32.8. The summed E-state index contributed by atoms with van der Waals surface area (Å²) in [7, 11) is 0. The Balaban J connectivity index is 1.28.